The lowest BCUT2D eigenvalue weighted by molar-refractivity contribution is -0.117. The van der Waals surface area contributed by atoms with Crippen LogP contribution in [0.5, 0.6) is 0 Å². The number of hydrogen-bond donors (Lipinski definition) is 2. The first-order valence-corrected chi connectivity index (χ1v) is 8.00. The van der Waals surface area contributed by atoms with Gasteiger partial charge in [0.05, 0.1) is 17.0 Å². The maximum absolute atomic E-state index is 14.2. The van der Waals surface area contributed by atoms with Crippen molar-refractivity contribution in [3.63, 3.8) is 0 Å². The Labute approximate surface area is 145 Å². The molecule has 0 unspecified atom stereocenters. The number of benzene rings is 1. The minimum absolute atomic E-state index is 0.0908. The SMILES string of the molecule is C=C(NC1=C(C)C(=O)NCC1)c1ccnc(-c2c(C)cccc2F)n1. The summed E-state index contributed by atoms with van der Waals surface area (Å²) < 4.78 is 14.2. The van der Waals surface area contributed by atoms with Crippen molar-refractivity contribution in [2.24, 2.45) is 0 Å². The smallest absolute Gasteiger partial charge is 0.248 e. The molecular weight excluding hydrogens is 319 g/mol. The number of carbonyl (C=O) groups is 1. The van der Waals surface area contributed by atoms with Gasteiger partial charge in [-0.25, -0.2) is 14.4 Å². The van der Waals surface area contributed by atoms with Crippen LogP contribution in [-0.2, 0) is 4.79 Å². The third-order valence-electron chi connectivity index (χ3n) is 4.17. The zero-order valence-corrected chi connectivity index (χ0v) is 14.2. The second-order valence-corrected chi connectivity index (χ2v) is 5.91. The first-order chi connectivity index (χ1) is 12.0. The molecule has 1 aromatic carbocycles. The fourth-order valence-corrected chi connectivity index (χ4v) is 2.72. The van der Waals surface area contributed by atoms with Gasteiger partial charge >= 0.3 is 0 Å². The van der Waals surface area contributed by atoms with Crippen molar-refractivity contribution in [1.29, 1.82) is 0 Å². The molecule has 25 heavy (non-hydrogen) atoms. The van der Waals surface area contributed by atoms with Gasteiger partial charge in [0, 0.05) is 30.4 Å². The molecular formula is C19H19FN4O. The van der Waals surface area contributed by atoms with Crippen LogP contribution in [-0.4, -0.2) is 22.4 Å². The Hall–Kier alpha value is -3.02. The van der Waals surface area contributed by atoms with Crippen molar-refractivity contribution in [3.8, 4) is 11.4 Å². The molecule has 0 spiro atoms. The minimum Gasteiger partial charge on any atom is -0.357 e. The van der Waals surface area contributed by atoms with Crippen LogP contribution in [0.25, 0.3) is 17.1 Å². The fourth-order valence-electron chi connectivity index (χ4n) is 2.72. The molecule has 0 aliphatic carbocycles. The number of aryl methyl sites for hydroxylation is 1. The maximum atomic E-state index is 14.2. The van der Waals surface area contributed by atoms with E-state index >= 15 is 0 Å². The van der Waals surface area contributed by atoms with Gasteiger partial charge in [-0.3, -0.25) is 4.79 Å². The zero-order chi connectivity index (χ0) is 18.0. The van der Waals surface area contributed by atoms with E-state index in [0.717, 1.165) is 11.3 Å². The summed E-state index contributed by atoms with van der Waals surface area (Å²) in [6.45, 7) is 8.15. The van der Waals surface area contributed by atoms with Gasteiger partial charge in [-0.2, -0.15) is 0 Å². The molecule has 0 atom stereocenters. The van der Waals surface area contributed by atoms with E-state index in [1.807, 2.05) is 13.0 Å². The van der Waals surface area contributed by atoms with Crippen molar-refractivity contribution < 1.29 is 9.18 Å². The third-order valence-corrected chi connectivity index (χ3v) is 4.17. The van der Waals surface area contributed by atoms with Crippen LogP contribution in [0.2, 0.25) is 0 Å². The molecule has 1 aliphatic rings. The van der Waals surface area contributed by atoms with Gasteiger partial charge in [0.15, 0.2) is 5.82 Å². The number of nitrogens with one attached hydrogen (secondary N) is 2. The van der Waals surface area contributed by atoms with Gasteiger partial charge in [-0.15, -0.1) is 0 Å². The molecule has 5 nitrogen and oxygen atoms in total. The highest BCUT2D eigenvalue weighted by Crippen LogP contribution is 2.24. The molecule has 3 rings (SSSR count). The number of aromatic nitrogens is 2. The summed E-state index contributed by atoms with van der Waals surface area (Å²) in [4.78, 5) is 20.4. The summed E-state index contributed by atoms with van der Waals surface area (Å²) in [6, 6.07) is 6.56. The summed E-state index contributed by atoms with van der Waals surface area (Å²) in [5, 5.41) is 5.95. The quantitative estimate of drug-likeness (QED) is 0.899. The molecule has 2 N–H and O–H groups in total. The Morgan fingerprint density at radius 3 is 2.88 bits per heavy atom. The lowest BCUT2D eigenvalue weighted by atomic mass is 10.1. The van der Waals surface area contributed by atoms with Crippen molar-refractivity contribution in [2.75, 3.05) is 6.54 Å². The summed E-state index contributed by atoms with van der Waals surface area (Å²) >= 11 is 0. The van der Waals surface area contributed by atoms with E-state index < -0.39 is 0 Å². The number of halogens is 1. The number of hydrogen-bond acceptors (Lipinski definition) is 4. The molecule has 1 amide bonds. The number of rotatable bonds is 4. The first-order valence-electron chi connectivity index (χ1n) is 8.00. The van der Waals surface area contributed by atoms with E-state index in [2.05, 4.69) is 27.2 Å². The van der Waals surface area contributed by atoms with Crippen LogP contribution in [0.4, 0.5) is 4.39 Å². The van der Waals surface area contributed by atoms with Gasteiger partial charge in [0.25, 0.3) is 0 Å². The van der Waals surface area contributed by atoms with Crippen LogP contribution in [0.3, 0.4) is 0 Å². The molecule has 128 valence electrons. The molecule has 0 radical (unpaired) electrons. The van der Waals surface area contributed by atoms with Crippen molar-refractivity contribution >= 4 is 11.6 Å². The van der Waals surface area contributed by atoms with E-state index in [9.17, 15) is 9.18 Å². The monoisotopic (exact) mass is 338 g/mol. The lowest BCUT2D eigenvalue weighted by Crippen LogP contribution is -2.34. The van der Waals surface area contributed by atoms with Gasteiger partial charge in [-0.05, 0) is 31.5 Å². The van der Waals surface area contributed by atoms with Gasteiger partial charge < -0.3 is 10.6 Å². The second kappa shape index (κ2) is 6.84. The largest absolute Gasteiger partial charge is 0.357 e. The highest BCUT2D eigenvalue weighted by Gasteiger charge is 2.18. The van der Waals surface area contributed by atoms with Crippen LogP contribution in [0.15, 0.2) is 48.3 Å². The molecule has 0 saturated heterocycles. The highest BCUT2D eigenvalue weighted by atomic mass is 19.1. The Balaban J connectivity index is 1.90. The predicted molar refractivity (Wildman–Crippen MR) is 94.7 cm³/mol. The normalized spacial score (nSPS) is 14.3. The van der Waals surface area contributed by atoms with Crippen LogP contribution in [0.1, 0.15) is 24.6 Å². The van der Waals surface area contributed by atoms with E-state index in [-0.39, 0.29) is 11.7 Å². The summed E-state index contributed by atoms with van der Waals surface area (Å²) in [6.07, 6.45) is 2.27. The number of nitrogens with zero attached hydrogens (tertiary/aromatic N) is 2. The fraction of sp³-hybridized carbons (Fsp3) is 0.211. The Morgan fingerprint density at radius 2 is 2.12 bits per heavy atom. The molecule has 0 fully saturated rings. The summed E-state index contributed by atoms with van der Waals surface area (Å²) in [5.74, 6) is -0.145. The average Bonchev–Trinajstić information content (AvgIpc) is 2.59. The van der Waals surface area contributed by atoms with Crippen LogP contribution < -0.4 is 10.6 Å². The van der Waals surface area contributed by atoms with Crippen molar-refractivity contribution in [1.82, 2.24) is 20.6 Å². The maximum Gasteiger partial charge on any atom is 0.248 e. The topological polar surface area (TPSA) is 66.9 Å². The Kier molecular flexibility index (Phi) is 4.61. The number of carbonyl (C=O) groups excluding carboxylic acids is 1. The van der Waals surface area contributed by atoms with Gasteiger partial charge in [0.2, 0.25) is 5.91 Å². The molecule has 2 aromatic rings. The third kappa shape index (κ3) is 3.42. The average molecular weight is 338 g/mol. The molecule has 0 bridgehead atoms. The van der Waals surface area contributed by atoms with Crippen molar-refractivity contribution in [2.45, 2.75) is 20.3 Å². The standard InChI is InChI=1S/C19H19FN4O/c1-11-5-4-6-14(20)17(11)18-21-9-8-16(24-18)13(3)23-15-7-10-22-19(25)12(15)2/h4-6,8-9,23H,3,7,10H2,1-2H3,(H,22,25). The molecule has 1 aliphatic heterocycles. The van der Waals surface area contributed by atoms with E-state index in [1.54, 1.807) is 25.3 Å². The summed E-state index contributed by atoms with van der Waals surface area (Å²) in [7, 11) is 0. The van der Waals surface area contributed by atoms with Gasteiger partial charge in [-0.1, -0.05) is 18.7 Å². The molecule has 6 heteroatoms. The molecule has 1 aromatic heterocycles. The Morgan fingerprint density at radius 1 is 1.32 bits per heavy atom. The predicted octanol–water partition coefficient (Wildman–Crippen LogP) is 2.95. The van der Waals surface area contributed by atoms with Crippen LogP contribution >= 0.6 is 0 Å². The lowest BCUT2D eigenvalue weighted by Gasteiger charge is -2.20. The van der Waals surface area contributed by atoms with Crippen molar-refractivity contribution in [3.05, 3.63) is 65.4 Å². The first kappa shape index (κ1) is 16.8. The molecule has 2 heterocycles. The van der Waals surface area contributed by atoms with E-state index in [1.165, 1.54) is 6.07 Å². The minimum atomic E-state index is -0.363. The van der Waals surface area contributed by atoms with Gasteiger partial charge in [0.1, 0.15) is 5.82 Å². The van der Waals surface area contributed by atoms with E-state index in [0.29, 0.717) is 41.3 Å². The number of amides is 1. The highest BCUT2D eigenvalue weighted by molar-refractivity contribution is 5.94. The van der Waals surface area contributed by atoms with E-state index in [4.69, 9.17) is 0 Å². The molecule has 0 saturated carbocycles. The zero-order valence-electron chi connectivity index (χ0n) is 14.2. The Bertz CT molecular complexity index is 868. The summed E-state index contributed by atoms with van der Waals surface area (Å²) in [5.41, 5.74) is 3.69. The second-order valence-electron chi connectivity index (χ2n) is 5.91. The van der Waals surface area contributed by atoms with Crippen LogP contribution in [0, 0.1) is 12.7 Å².